The van der Waals surface area contributed by atoms with Gasteiger partial charge >= 0.3 is 12.1 Å². The molecular formula is C27H27F3N6O3. The van der Waals surface area contributed by atoms with E-state index < -0.39 is 12.1 Å². The molecule has 1 aliphatic heterocycles. The summed E-state index contributed by atoms with van der Waals surface area (Å²) in [6.45, 7) is 4.05. The summed E-state index contributed by atoms with van der Waals surface area (Å²) >= 11 is 0. The Hall–Kier alpha value is -4.48. The number of carboxylic acids is 1. The number of amides is 1. The van der Waals surface area contributed by atoms with E-state index in [1.807, 2.05) is 72.6 Å². The van der Waals surface area contributed by atoms with Crippen molar-refractivity contribution in [2.45, 2.75) is 38.5 Å². The fourth-order valence-corrected chi connectivity index (χ4v) is 4.45. The Bertz CT molecular complexity index is 1410. The van der Waals surface area contributed by atoms with Crippen LogP contribution in [0.15, 0.2) is 73.2 Å². The normalized spacial score (nSPS) is 15.1. The van der Waals surface area contributed by atoms with Gasteiger partial charge in [0.1, 0.15) is 5.82 Å². The van der Waals surface area contributed by atoms with E-state index >= 15 is 0 Å². The van der Waals surface area contributed by atoms with Crippen molar-refractivity contribution < 1.29 is 27.9 Å². The summed E-state index contributed by atoms with van der Waals surface area (Å²) in [7, 11) is 0. The van der Waals surface area contributed by atoms with Crippen molar-refractivity contribution >= 4 is 23.3 Å². The van der Waals surface area contributed by atoms with Crippen molar-refractivity contribution in [2.24, 2.45) is 0 Å². The molecule has 1 atom stereocenters. The highest BCUT2D eigenvalue weighted by Crippen LogP contribution is 2.35. The van der Waals surface area contributed by atoms with Gasteiger partial charge < -0.3 is 19.3 Å². The molecule has 1 unspecified atom stereocenters. The first-order valence-electron chi connectivity index (χ1n) is 12.3. The van der Waals surface area contributed by atoms with E-state index in [-0.39, 0.29) is 11.9 Å². The molecule has 1 N–H and O–H groups in total. The SMILES string of the molecule is CCN(Cc1ccccc1)C(=O)c1nc(C2CCCN2c2ncccn2)n2ccccc12.O=C(O)C(F)(F)F. The number of benzene rings is 1. The van der Waals surface area contributed by atoms with Crippen LogP contribution < -0.4 is 4.90 Å². The first-order chi connectivity index (χ1) is 18.7. The van der Waals surface area contributed by atoms with Crippen LogP contribution in [0.5, 0.6) is 0 Å². The molecule has 39 heavy (non-hydrogen) atoms. The monoisotopic (exact) mass is 540 g/mol. The second kappa shape index (κ2) is 11.9. The number of hydrogen-bond acceptors (Lipinski definition) is 6. The van der Waals surface area contributed by atoms with Crippen molar-refractivity contribution in [1.82, 2.24) is 24.3 Å². The highest BCUT2D eigenvalue weighted by Gasteiger charge is 2.38. The maximum absolute atomic E-state index is 13.6. The zero-order valence-electron chi connectivity index (χ0n) is 21.1. The number of aliphatic carboxylic acids is 1. The lowest BCUT2D eigenvalue weighted by atomic mass is 10.2. The van der Waals surface area contributed by atoms with Crippen molar-refractivity contribution in [1.29, 1.82) is 0 Å². The molecule has 1 aromatic carbocycles. The van der Waals surface area contributed by atoms with E-state index in [0.29, 0.717) is 24.7 Å². The molecule has 0 aliphatic carbocycles. The van der Waals surface area contributed by atoms with Crippen molar-refractivity contribution in [3.05, 3.63) is 90.3 Å². The molecule has 0 radical (unpaired) electrons. The number of pyridine rings is 1. The number of carboxylic acid groups (broad SMARTS) is 1. The molecule has 0 bridgehead atoms. The number of fused-ring (bicyclic) bond motifs is 1. The molecule has 1 saturated heterocycles. The minimum atomic E-state index is -5.08. The van der Waals surface area contributed by atoms with Gasteiger partial charge in [-0.15, -0.1) is 0 Å². The van der Waals surface area contributed by atoms with E-state index in [1.54, 1.807) is 12.4 Å². The predicted molar refractivity (Wildman–Crippen MR) is 137 cm³/mol. The molecule has 1 amide bonds. The summed E-state index contributed by atoms with van der Waals surface area (Å²) in [5.41, 5.74) is 2.44. The molecule has 5 rings (SSSR count). The van der Waals surface area contributed by atoms with Crippen molar-refractivity contribution in [2.75, 3.05) is 18.0 Å². The third kappa shape index (κ3) is 6.33. The summed E-state index contributed by atoms with van der Waals surface area (Å²) in [4.78, 5) is 40.4. The maximum atomic E-state index is 13.6. The van der Waals surface area contributed by atoms with Crippen LogP contribution >= 0.6 is 0 Å². The topological polar surface area (TPSA) is 104 Å². The standard InChI is InChI=1S/C25H26N6O.C2HF3O2/c1-2-29(18-19-10-4-3-5-11-19)24(32)22-20-12-6-7-16-30(20)23(28-22)21-13-8-17-31(21)25-26-14-9-15-27-25;3-2(4,5)1(6)7/h3-7,9-12,14-16,21H,2,8,13,17-18H2,1H3;(H,6,7). The van der Waals surface area contributed by atoms with Crippen molar-refractivity contribution in [3.63, 3.8) is 0 Å². The number of rotatable bonds is 6. The lowest BCUT2D eigenvalue weighted by Crippen LogP contribution is -2.31. The van der Waals surface area contributed by atoms with Gasteiger partial charge in [0, 0.05) is 38.2 Å². The highest BCUT2D eigenvalue weighted by atomic mass is 19.4. The Labute approximate surface area is 222 Å². The maximum Gasteiger partial charge on any atom is 0.490 e. The molecule has 3 aromatic heterocycles. The Morgan fingerprint density at radius 3 is 2.36 bits per heavy atom. The quantitative estimate of drug-likeness (QED) is 0.376. The minimum Gasteiger partial charge on any atom is -0.475 e. The molecule has 4 aromatic rings. The van der Waals surface area contributed by atoms with Gasteiger partial charge in [0.15, 0.2) is 5.69 Å². The Balaban J connectivity index is 0.000000448. The smallest absolute Gasteiger partial charge is 0.475 e. The van der Waals surface area contributed by atoms with E-state index in [2.05, 4.69) is 19.3 Å². The first-order valence-corrected chi connectivity index (χ1v) is 12.3. The second-order valence-electron chi connectivity index (χ2n) is 8.78. The lowest BCUT2D eigenvalue weighted by molar-refractivity contribution is -0.192. The summed E-state index contributed by atoms with van der Waals surface area (Å²) in [6, 6.07) is 17.8. The number of aromatic nitrogens is 4. The summed E-state index contributed by atoms with van der Waals surface area (Å²) in [6.07, 6.45) is 2.41. The average molecular weight is 541 g/mol. The number of halogens is 3. The van der Waals surface area contributed by atoms with Crippen LogP contribution in [0.1, 0.15) is 47.7 Å². The van der Waals surface area contributed by atoms with Crippen LogP contribution in [0, 0.1) is 0 Å². The number of imidazole rings is 1. The van der Waals surface area contributed by atoms with Gasteiger partial charge in [-0.3, -0.25) is 4.79 Å². The highest BCUT2D eigenvalue weighted by molar-refractivity contribution is 5.99. The number of anilines is 1. The molecule has 12 heteroatoms. The van der Waals surface area contributed by atoms with Gasteiger partial charge in [-0.05, 0) is 43.5 Å². The zero-order chi connectivity index (χ0) is 28.0. The molecule has 0 spiro atoms. The average Bonchev–Trinajstić information content (AvgIpc) is 3.57. The number of hydrogen-bond donors (Lipinski definition) is 1. The minimum absolute atomic E-state index is 0.0260. The Morgan fingerprint density at radius 1 is 1.05 bits per heavy atom. The number of alkyl halides is 3. The summed E-state index contributed by atoms with van der Waals surface area (Å²) in [5, 5.41) is 7.12. The molecular weight excluding hydrogens is 513 g/mol. The third-order valence-corrected chi connectivity index (χ3v) is 6.27. The lowest BCUT2D eigenvalue weighted by Gasteiger charge is -2.23. The second-order valence-corrected chi connectivity index (χ2v) is 8.78. The van der Waals surface area contributed by atoms with Gasteiger partial charge in [0.25, 0.3) is 5.91 Å². The fraction of sp³-hybridized carbons (Fsp3) is 0.296. The van der Waals surface area contributed by atoms with Gasteiger partial charge in [0.05, 0.1) is 11.6 Å². The molecule has 0 saturated carbocycles. The molecule has 9 nitrogen and oxygen atoms in total. The van der Waals surface area contributed by atoms with Gasteiger partial charge in [-0.2, -0.15) is 13.2 Å². The number of nitrogens with zero attached hydrogens (tertiary/aromatic N) is 6. The van der Waals surface area contributed by atoms with Gasteiger partial charge in [-0.1, -0.05) is 36.4 Å². The Morgan fingerprint density at radius 2 is 1.72 bits per heavy atom. The molecule has 1 fully saturated rings. The van der Waals surface area contributed by atoms with Crippen LogP contribution in [-0.2, 0) is 11.3 Å². The van der Waals surface area contributed by atoms with Crippen LogP contribution in [0.25, 0.3) is 5.52 Å². The number of carbonyl (C=O) groups excluding carboxylic acids is 1. The van der Waals surface area contributed by atoms with Gasteiger partial charge in [-0.25, -0.2) is 19.7 Å². The first kappa shape index (κ1) is 27.6. The summed E-state index contributed by atoms with van der Waals surface area (Å²) < 4.78 is 33.8. The predicted octanol–water partition coefficient (Wildman–Crippen LogP) is 4.76. The molecule has 4 heterocycles. The van der Waals surface area contributed by atoms with Crippen LogP contribution in [-0.4, -0.2) is 60.5 Å². The Kier molecular flexibility index (Phi) is 8.43. The van der Waals surface area contributed by atoms with Crippen molar-refractivity contribution in [3.8, 4) is 0 Å². The molecule has 204 valence electrons. The van der Waals surface area contributed by atoms with E-state index in [9.17, 15) is 18.0 Å². The number of carbonyl (C=O) groups is 2. The van der Waals surface area contributed by atoms with Crippen LogP contribution in [0.4, 0.5) is 19.1 Å². The van der Waals surface area contributed by atoms with Crippen LogP contribution in [0.2, 0.25) is 0 Å². The summed E-state index contributed by atoms with van der Waals surface area (Å²) in [5.74, 6) is -1.24. The van der Waals surface area contributed by atoms with E-state index in [4.69, 9.17) is 14.9 Å². The molecule has 1 aliphatic rings. The van der Waals surface area contributed by atoms with Crippen LogP contribution in [0.3, 0.4) is 0 Å². The largest absolute Gasteiger partial charge is 0.490 e. The van der Waals surface area contributed by atoms with E-state index in [1.165, 1.54) is 0 Å². The fourth-order valence-electron chi connectivity index (χ4n) is 4.45. The van der Waals surface area contributed by atoms with Gasteiger partial charge in [0.2, 0.25) is 5.95 Å². The van der Waals surface area contributed by atoms with E-state index in [0.717, 1.165) is 36.3 Å². The zero-order valence-corrected chi connectivity index (χ0v) is 21.1. The third-order valence-electron chi connectivity index (χ3n) is 6.27.